The number of ether oxygens (including phenoxy) is 2. The summed E-state index contributed by atoms with van der Waals surface area (Å²) in [6, 6.07) is 2.84. The average Bonchev–Trinajstić information content (AvgIpc) is 3.49. The fraction of sp³-hybridized carbons (Fsp3) is 0.500. The van der Waals surface area contributed by atoms with E-state index >= 15 is 0 Å². The number of aromatic nitrogens is 4. The minimum Gasteiger partial charge on any atom is -0.462 e. The van der Waals surface area contributed by atoms with Crippen molar-refractivity contribution in [3.05, 3.63) is 47.7 Å². The maximum absolute atomic E-state index is 14.3. The summed E-state index contributed by atoms with van der Waals surface area (Å²) in [6.07, 6.45) is 4.73. The second-order valence-corrected chi connectivity index (χ2v) is 10.3. The minimum absolute atomic E-state index is 0.206. The number of esters is 1. The number of pyridine rings is 1. The summed E-state index contributed by atoms with van der Waals surface area (Å²) in [4.78, 5) is 35.3. The molecule has 4 rings (SSSR count). The predicted octanol–water partition coefficient (Wildman–Crippen LogP) is 3.96. The molecule has 1 aliphatic heterocycles. The Morgan fingerprint density at radius 1 is 1.29 bits per heavy atom. The van der Waals surface area contributed by atoms with Crippen LogP contribution in [0.1, 0.15) is 63.0 Å². The zero-order chi connectivity index (χ0) is 27.4. The molecule has 38 heavy (non-hydrogen) atoms. The molecule has 0 radical (unpaired) electrons. The van der Waals surface area contributed by atoms with Crippen LogP contribution in [0, 0.1) is 11.7 Å². The summed E-state index contributed by atoms with van der Waals surface area (Å²) in [5, 5.41) is 10.3. The van der Waals surface area contributed by atoms with Gasteiger partial charge < -0.3 is 25.0 Å². The van der Waals surface area contributed by atoms with Crippen LogP contribution in [0.5, 0.6) is 0 Å². The zero-order valence-corrected chi connectivity index (χ0v) is 22.3. The summed E-state index contributed by atoms with van der Waals surface area (Å²) in [7, 11) is 0. The number of fused-ring (bicyclic) bond motifs is 1. The highest BCUT2D eigenvalue weighted by molar-refractivity contribution is 5.95. The number of carbonyl (C=O) groups is 2. The molecule has 11 nitrogen and oxygen atoms in total. The summed E-state index contributed by atoms with van der Waals surface area (Å²) in [5.41, 5.74) is 0.740. The molecule has 4 heterocycles. The van der Waals surface area contributed by atoms with Gasteiger partial charge in [0.15, 0.2) is 5.65 Å². The Balaban J connectivity index is 1.47. The molecule has 0 aromatic carbocycles. The molecule has 0 spiro atoms. The molecule has 1 aliphatic rings. The summed E-state index contributed by atoms with van der Waals surface area (Å²) < 4.78 is 26.2. The molecule has 1 amide bonds. The van der Waals surface area contributed by atoms with Gasteiger partial charge in [0.2, 0.25) is 0 Å². The maximum Gasteiger partial charge on any atom is 0.407 e. The van der Waals surface area contributed by atoms with Gasteiger partial charge in [0.25, 0.3) is 0 Å². The molecule has 2 atom stereocenters. The van der Waals surface area contributed by atoms with E-state index in [1.165, 1.54) is 23.0 Å². The van der Waals surface area contributed by atoms with E-state index in [9.17, 15) is 14.0 Å². The van der Waals surface area contributed by atoms with Crippen LogP contribution in [0.25, 0.3) is 5.65 Å². The van der Waals surface area contributed by atoms with Crippen LogP contribution in [0.3, 0.4) is 0 Å². The Bertz CT molecular complexity index is 1310. The first-order chi connectivity index (χ1) is 18.0. The van der Waals surface area contributed by atoms with E-state index < -0.39 is 23.5 Å². The van der Waals surface area contributed by atoms with Crippen molar-refractivity contribution in [2.24, 2.45) is 5.92 Å². The van der Waals surface area contributed by atoms with E-state index in [1.807, 2.05) is 27.7 Å². The van der Waals surface area contributed by atoms with Gasteiger partial charge >= 0.3 is 12.1 Å². The number of anilines is 2. The Hall–Kier alpha value is -3.96. The standard InChI is InChI=1S/C26H34FN7O4/c1-6-37-24(35)20-14-30-34-10-8-21(32-23(20)34)31-16(2)19-11-18(27)13-28-22(19)33-9-7-17(15-33)12-29-25(36)38-26(3,4)5/h8,10-11,13-14,16-17H,6-7,9,12,15H2,1-5H3,(H,29,36)(H,31,32). The second kappa shape index (κ2) is 11.2. The number of hydrogen-bond acceptors (Lipinski definition) is 9. The van der Waals surface area contributed by atoms with Gasteiger partial charge in [0, 0.05) is 31.4 Å². The number of amides is 1. The number of hydrogen-bond donors (Lipinski definition) is 2. The van der Waals surface area contributed by atoms with Crippen LogP contribution in [0.15, 0.2) is 30.7 Å². The SMILES string of the molecule is CCOC(=O)c1cnn2ccc(NC(C)c3cc(F)cnc3N3CCC(CNC(=O)OC(C)(C)C)C3)nc12. The highest BCUT2D eigenvalue weighted by Crippen LogP contribution is 2.31. The van der Waals surface area contributed by atoms with E-state index in [4.69, 9.17) is 9.47 Å². The first kappa shape index (κ1) is 27.1. The van der Waals surface area contributed by atoms with Crippen molar-refractivity contribution >= 4 is 29.3 Å². The quantitative estimate of drug-likeness (QED) is 0.419. The molecule has 1 saturated heterocycles. The van der Waals surface area contributed by atoms with E-state index in [0.717, 1.165) is 13.0 Å². The van der Waals surface area contributed by atoms with Crippen molar-refractivity contribution in [1.82, 2.24) is 24.9 Å². The lowest BCUT2D eigenvalue weighted by Crippen LogP contribution is -2.36. The van der Waals surface area contributed by atoms with Crippen molar-refractivity contribution in [3.8, 4) is 0 Å². The predicted molar refractivity (Wildman–Crippen MR) is 140 cm³/mol. The highest BCUT2D eigenvalue weighted by Gasteiger charge is 2.28. The third-order valence-electron chi connectivity index (χ3n) is 6.08. The highest BCUT2D eigenvalue weighted by atomic mass is 19.1. The lowest BCUT2D eigenvalue weighted by Gasteiger charge is -2.25. The number of halogens is 1. The topological polar surface area (TPSA) is 123 Å². The molecule has 2 unspecified atom stereocenters. The fourth-order valence-electron chi connectivity index (χ4n) is 4.37. The van der Waals surface area contributed by atoms with Gasteiger partial charge in [0.1, 0.15) is 28.6 Å². The smallest absolute Gasteiger partial charge is 0.407 e. The van der Waals surface area contributed by atoms with Crippen LogP contribution >= 0.6 is 0 Å². The first-order valence-electron chi connectivity index (χ1n) is 12.7. The Morgan fingerprint density at radius 2 is 2.08 bits per heavy atom. The van der Waals surface area contributed by atoms with Crippen molar-refractivity contribution in [1.29, 1.82) is 0 Å². The van der Waals surface area contributed by atoms with E-state index in [-0.39, 0.29) is 24.1 Å². The molecular weight excluding hydrogens is 493 g/mol. The lowest BCUT2D eigenvalue weighted by molar-refractivity contribution is 0.0513. The number of rotatable bonds is 8. The van der Waals surface area contributed by atoms with E-state index in [2.05, 4.69) is 30.6 Å². The molecule has 3 aromatic rings. The Labute approximate surface area is 220 Å². The summed E-state index contributed by atoms with van der Waals surface area (Å²) in [6.45, 7) is 11.2. The van der Waals surface area contributed by atoms with E-state index in [0.29, 0.717) is 35.9 Å². The number of alkyl carbamates (subject to hydrolysis) is 1. The third kappa shape index (κ3) is 6.48. The van der Waals surface area contributed by atoms with Crippen molar-refractivity contribution < 1.29 is 23.5 Å². The largest absolute Gasteiger partial charge is 0.462 e. The van der Waals surface area contributed by atoms with Crippen LogP contribution in [-0.2, 0) is 9.47 Å². The molecule has 0 bridgehead atoms. The molecule has 0 aliphatic carbocycles. The molecule has 2 N–H and O–H groups in total. The number of carbonyl (C=O) groups excluding carboxylic acids is 2. The van der Waals surface area contributed by atoms with Gasteiger partial charge in [-0.05, 0) is 59.1 Å². The van der Waals surface area contributed by atoms with Crippen LogP contribution in [0.2, 0.25) is 0 Å². The number of nitrogens with zero attached hydrogens (tertiary/aromatic N) is 5. The van der Waals surface area contributed by atoms with Crippen molar-refractivity contribution in [2.75, 3.05) is 36.5 Å². The minimum atomic E-state index is -0.556. The van der Waals surface area contributed by atoms with Crippen LogP contribution < -0.4 is 15.5 Å². The third-order valence-corrected chi connectivity index (χ3v) is 6.08. The second-order valence-electron chi connectivity index (χ2n) is 10.3. The molecule has 1 fully saturated rings. The van der Waals surface area contributed by atoms with Gasteiger partial charge in [0.05, 0.1) is 25.0 Å². The van der Waals surface area contributed by atoms with Crippen LogP contribution in [-0.4, -0.2) is 63.5 Å². The average molecular weight is 528 g/mol. The molecule has 0 saturated carbocycles. The van der Waals surface area contributed by atoms with Gasteiger partial charge in [-0.3, -0.25) is 0 Å². The number of nitrogens with one attached hydrogen (secondary N) is 2. The fourth-order valence-corrected chi connectivity index (χ4v) is 4.37. The molecule has 204 valence electrons. The van der Waals surface area contributed by atoms with Gasteiger partial charge in [-0.15, -0.1) is 0 Å². The molecule has 3 aromatic heterocycles. The monoisotopic (exact) mass is 527 g/mol. The van der Waals surface area contributed by atoms with Crippen molar-refractivity contribution in [3.63, 3.8) is 0 Å². The Morgan fingerprint density at radius 3 is 2.82 bits per heavy atom. The maximum atomic E-state index is 14.3. The van der Waals surface area contributed by atoms with E-state index in [1.54, 1.807) is 19.2 Å². The van der Waals surface area contributed by atoms with Crippen LogP contribution in [0.4, 0.5) is 20.8 Å². The first-order valence-corrected chi connectivity index (χ1v) is 12.7. The summed E-state index contributed by atoms with van der Waals surface area (Å²) in [5.74, 6) is 0.429. The molecular formula is C26H34FN7O4. The lowest BCUT2D eigenvalue weighted by atomic mass is 10.1. The van der Waals surface area contributed by atoms with Gasteiger partial charge in [-0.1, -0.05) is 0 Å². The normalized spacial score (nSPS) is 16.4. The Kier molecular flexibility index (Phi) is 7.98. The van der Waals surface area contributed by atoms with Gasteiger partial charge in [-0.2, -0.15) is 5.10 Å². The van der Waals surface area contributed by atoms with Gasteiger partial charge in [-0.25, -0.2) is 28.5 Å². The summed E-state index contributed by atoms with van der Waals surface area (Å²) >= 11 is 0. The molecule has 12 heteroatoms. The van der Waals surface area contributed by atoms with Crippen molar-refractivity contribution in [2.45, 2.75) is 52.7 Å². The zero-order valence-electron chi connectivity index (χ0n) is 22.3.